The molecule has 2 aromatic rings. The number of nitrogens with one attached hydrogen (secondary N) is 1. The van der Waals surface area contributed by atoms with E-state index in [4.69, 9.17) is 0 Å². The summed E-state index contributed by atoms with van der Waals surface area (Å²) in [7, 11) is 1.29. The Bertz CT molecular complexity index is 676. The van der Waals surface area contributed by atoms with Gasteiger partial charge in [0.2, 0.25) is 0 Å². The molecule has 0 atom stereocenters. The first kappa shape index (κ1) is 14.8. The van der Waals surface area contributed by atoms with E-state index in [-0.39, 0.29) is 17.2 Å². The fourth-order valence-corrected chi connectivity index (χ4v) is 1.80. The molecule has 0 aromatic carbocycles. The average Bonchev–Trinajstić information content (AvgIpc) is 2.49. The molecule has 0 saturated heterocycles. The van der Waals surface area contributed by atoms with Crippen molar-refractivity contribution in [2.24, 2.45) is 0 Å². The van der Waals surface area contributed by atoms with Crippen LogP contribution in [0.3, 0.4) is 0 Å². The number of nitrogens with zero attached hydrogens (tertiary/aromatic N) is 3. The molecule has 0 fully saturated rings. The predicted octanol–water partition coefficient (Wildman–Crippen LogP) is 2.03. The molecular weight excluding hydrogens is 275 g/mol. The topological polar surface area (TPSA) is 77.0 Å². The minimum Gasteiger partial charge on any atom is -0.464 e. The predicted molar refractivity (Wildman–Crippen MR) is 74.4 cm³/mol. The van der Waals surface area contributed by atoms with Crippen LogP contribution in [0.5, 0.6) is 0 Å². The van der Waals surface area contributed by atoms with Crippen molar-refractivity contribution < 1.29 is 13.9 Å². The van der Waals surface area contributed by atoms with Crippen LogP contribution in [0.25, 0.3) is 0 Å². The van der Waals surface area contributed by atoms with Crippen molar-refractivity contribution in [1.29, 1.82) is 0 Å². The number of pyridine rings is 1. The Morgan fingerprint density at radius 1 is 1.38 bits per heavy atom. The Morgan fingerprint density at radius 2 is 2.14 bits per heavy atom. The fourth-order valence-electron chi connectivity index (χ4n) is 1.80. The highest BCUT2D eigenvalue weighted by Gasteiger charge is 2.11. The van der Waals surface area contributed by atoms with Gasteiger partial charge in [0.05, 0.1) is 12.8 Å². The van der Waals surface area contributed by atoms with Crippen LogP contribution in [0, 0.1) is 19.7 Å². The van der Waals surface area contributed by atoms with Crippen LogP contribution < -0.4 is 5.32 Å². The summed E-state index contributed by atoms with van der Waals surface area (Å²) < 4.78 is 18.5. The number of carbonyl (C=O) groups excluding carboxylic acids is 1. The van der Waals surface area contributed by atoms with Gasteiger partial charge in [0, 0.05) is 12.7 Å². The molecule has 0 aliphatic rings. The Kier molecular flexibility index (Phi) is 4.42. The van der Waals surface area contributed by atoms with E-state index in [1.165, 1.54) is 13.3 Å². The summed E-state index contributed by atoms with van der Waals surface area (Å²) in [5, 5.41) is 2.89. The number of methoxy groups -OCH3 is 1. The monoisotopic (exact) mass is 290 g/mol. The van der Waals surface area contributed by atoms with E-state index in [1.54, 1.807) is 26.0 Å². The summed E-state index contributed by atoms with van der Waals surface area (Å²) in [5.74, 6) is -0.377. The number of carbonyl (C=O) groups is 1. The van der Waals surface area contributed by atoms with Gasteiger partial charge in [-0.2, -0.15) is 0 Å². The molecule has 1 N–H and O–H groups in total. The van der Waals surface area contributed by atoms with E-state index < -0.39 is 11.8 Å². The van der Waals surface area contributed by atoms with Crippen LogP contribution in [-0.2, 0) is 11.3 Å². The third-order valence-corrected chi connectivity index (χ3v) is 2.81. The maximum atomic E-state index is 13.9. The van der Waals surface area contributed by atoms with Crippen molar-refractivity contribution in [2.75, 3.05) is 12.4 Å². The van der Waals surface area contributed by atoms with E-state index >= 15 is 0 Å². The Hall–Kier alpha value is -2.57. The van der Waals surface area contributed by atoms with Crippen molar-refractivity contribution in [3.63, 3.8) is 0 Å². The highest BCUT2D eigenvalue weighted by Crippen LogP contribution is 2.15. The van der Waals surface area contributed by atoms with E-state index in [2.05, 4.69) is 25.0 Å². The zero-order valence-electron chi connectivity index (χ0n) is 12.0. The molecule has 0 aliphatic heterocycles. The second kappa shape index (κ2) is 6.25. The normalized spacial score (nSPS) is 10.3. The van der Waals surface area contributed by atoms with Crippen LogP contribution in [0.2, 0.25) is 0 Å². The first-order valence-electron chi connectivity index (χ1n) is 6.29. The van der Waals surface area contributed by atoms with Gasteiger partial charge < -0.3 is 10.1 Å². The Morgan fingerprint density at radius 3 is 2.86 bits per heavy atom. The average molecular weight is 290 g/mol. The van der Waals surface area contributed by atoms with Crippen molar-refractivity contribution in [1.82, 2.24) is 15.0 Å². The molecule has 2 aromatic heterocycles. The molecule has 0 saturated carbocycles. The first-order valence-corrected chi connectivity index (χ1v) is 6.29. The number of aryl methyl sites for hydroxylation is 2. The van der Waals surface area contributed by atoms with E-state index in [0.29, 0.717) is 12.4 Å². The number of esters is 1. The first-order chi connectivity index (χ1) is 10.0. The van der Waals surface area contributed by atoms with Crippen LogP contribution in [0.1, 0.15) is 27.6 Å². The number of hydrogen-bond donors (Lipinski definition) is 1. The summed E-state index contributed by atoms with van der Waals surface area (Å²) in [6.07, 6.45) is 1.50. The number of ether oxygens (including phenoxy) is 1. The lowest BCUT2D eigenvalue weighted by Crippen LogP contribution is -2.09. The SMILES string of the molecule is COC(=O)c1cc(CNc2nc(C)nc(C)c2F)ccn1. The van der Waals surface area contributed by atoms with Gasteiger partial charge in [0.25, 0.3) is 0 Å². The number of halogens is 1. The molecular formula is C14H15FN4O2. The summed E-state index contributed by atoms with van der Waals surface area (Å²) >= 11 is 0. The van der Waals surface area contributed by atoms with Crippen LogP contribution >= 0.6 is 0 Å². The Labute approximate surface area is 121 Å². The van der Waals surface area contributed by atoms with Crippen LogP contribution in [0.4, 0.5) is 10.2 Å². The van der Waals surface area contributed by atoms with Crippen molar-refractivity contribution in [3.05, 3.63) is 46.9 Å². The number of hydrogen-bond acceptors (Lipinski definition) is 6. The fraction of sp³-hybridized carbons (Fsp3) is 0.286. The quantitative estimate of drug-likeness (QED) is 0.868. The Balaban J connectivity index is 2.15. The zero-order chi connectivity index (χ0) is 15.4. The van der Waals surface area contributed by atoms with Gasteiger partial charge in [-0.25, -0.2) is 24.1 Å². The van der Waals surface area contributed by atoms with Gasteiger partial charge >= 0.3 is 5.97 Å². The van der Waals surface area contributed by atoms with Crippen molar-refractivity contribution >= 4 is 11.8 Å². The third-order valence-electron chi connectivity index (χ3n) is 2.81. The lowest BCUT2D eigenvalue weighted by atomic mass is 10.2. The van der Waals surface area contributed by atoms with Gasteiger partial charge in [-0.05, 0) is 31.5 Å². The molecule has 0 amide bonds. The molecule has 2 rings (SSSR count). The smallest absolute Gasteiger partial charge is 0.356 e. The largest absolute Gasteiger partial charge is 0.464 e. The molecule has 0 spiro atoms. The van der Waals surface area contributed by atoms with Gasteiger partial charge in [-0.3, -0.25) is 0 Å². The summed E-state index contributed by atoms with van der Waals surface area (Å²) in [5.41, 5.74) is 1.25. The molecule has 0 bridgehead atoms. The standard InChI is InChI=1S/C14H15FN4O2/c1-8-12(15)13(19-9(2)18-8)17-7-10-4-5-16-11(6-10)14(20)21-3/h4-6H,7H2,1-3H3,(H,17,18,19). The van der Waals surface area contributed by atoms with Crippen molar-refractivity contribution in [2.45, 2.75) is 20.4 Å². The maximum absolute atomic E-state index is 13.9. The molecule has 21 heavy (non-hydrogen) atoms. The van der Waals surface area contributed by atoms with Crippen molar-refractivity contribution in [3.8, 4) is 0 Å². The van der Waals surface area contributed by atoms with Gasteiger partial charge in [0.1, 0.15) is 11.5 Å². The number of rotatable bonds is 4. The minimum atomic E-state index is -0.517. The van der Waals surface area contributed by atoms with E-state index in [1.807, 2.05) is 0 Å². The summed E-state index contributed by atoms with van der Waals surface area (Å²) in [6, 6.07) is 3.30. The second-order valence-corrected chi connectivity index (χ2v) is 4.41. The number of aromatic nitrogens is 3. The summed E-state index contributed by atoms with van der Waals surface area (Å²) in [4.78, 5) is 23.3. The lowest BCUT2D eigenvalue weighted by Gasteiger charge is -2.09. The van der Waals surface area contributed by atoms with E-state index in [9.17, 15) is 9.18 Å². The summed E-state index contributed by atoms with van der Waals surface area (Å²) in [6.45, 7) is 3.58. The van der Waals surface area contributed by atoms with E-state index in [0.717, 1.165) is 5.56 Å². The molecule has 0 radical (unpaired) electrons. The third kappa shape index (κ3) is 3.50. The second-order valence-electron chi connectivity index (χ2n) is 4.41. The molecule has 0 aliphatic carbocycles. The van der Waals surface area contributed by atoms with Crippen LogP contribution in [-0.4, -0.2) is 28.0 Å². The minimum absolute atomic E-state index is 0.136. The highest BCUT2D eigenvalue weighted by molar-refractivity contribution is 5.87. The molecule has 2 heterocycles. The molecule has 6 nitrogen and oxygen atoms in total. The molecule has 7 heteroatoms. The van der Waals surface area contributed by atoms with Crippen LogP contribution in [0.15, 0.2) is 18.3 Å². The molecule has 0 unspecified atom stereocenters. The van der Waals surface area contributed by atoms with Gasteiger partial charge in [0.15, 0.2) is 11.6 Å². The molecule has 110 valence electrons. The number of anilines is 1. The highest BCUT2D eigenvalue weighted by atomic mass is 19.1. The zero-order valence-corrected chi connectivity index (χ0v) is 12.0. The van der Waals surface area contributed by atoms with Gasteiger partial charge in [-0.1, -0.05) is 0 Å². The maximum Gasteiger partial charge on any atom is 0.356 e. The van der Waals surface area contributed by atoms with Gasteiger partial charge in [-0.15, -0.1) is 0 Å². The lowest BCUT2D eigenvalue weighted by molar-refractivity contribution is 0.0594.